The van der Waals surface area contributed by atoms with Gasteiger partial charge in [0.05, 0.1) is 32.2 Å². The van der Waals surface area contributed by atoms with Gasteiger partial charge in [0.2, 0.25) is 9.84 Å². The van der Waals surface area contributed by atoms with Crippen molar-refractivity contribution >= 4 is 60.4 Å². The largest absolute Gasteiger partial charge is 0.490 e. The number of carbonyl (C=O) groups is 1. The standard InChI is InChI=1S/C22H25Cl3O8S2/c1-3-34(27,28)14-17(33-15(2)26)13-32-16-5-7-18(8-6-16)35(29,30)19-11-20(24)22(21(25)12-19)31-10-4-9-23/h5-8,11-12,17H,3-4,9-10,13-14H2,1-2H3/t17-/m1/s1. The third-order valence-corrected chi connectivity index (χ3v) is 8.93. The van der Waals surface area contributed by atoms with Gasteiger partial charge in [-0.2, -0.15) is 0 Å². The predicted molar refractivity (Wildman–Crippen MR) is 135 cm³/mol. The van der Waals surface area contributed by atoms with Crippen LogP contribution in [-0.4, -0.2) is 59.5 Å². The molecule has 2 rings (SSSR count). The van der Waals surface area contributed by atoms with Crippen molar-refractivity contribution in [2.75, 3.05) is 30.6 Å². The molecule has 0 spiro atoms. The van der Waals surface area contributed by atoms with Crippen LogP contribution in [0.4, 0.5) is 0 Å². The van der Waals surface area contributed by atoms with E-state index in [1.807, 2.05) is 0 Å². The first-order valence-corrected chi connectivity index (χ1v) is 15.0. The van der Waals surface area contributed by atoms with Gasteiger partial charge < -0.3 is 14.2 Å². The fraction of sp³-hybridized carbons (Fsp3) is 0.409. The number of carbonyl (C=O) groups excluding carboxylic acids is 1. The first-order chi connectivity index (χ1) is 16.4. The molecule has 13 heteroatoms. The molecule has 0 saturated carbocycles. The summed E-state index contributed by atoms with van der Waals surface area (Å²) in [4.78, 5) is 11.1. The van der Waals surface area contributed by atoms with Crippen LogP contribution in [0.2, 0.25) is 10.0 Å². The number of rotatable bonds is 13. The quantitative estimate of drug-likeness (QED) is 0.190. The summed E-state index contributed by atoms with van der Waals surface area (Å²) >= 11 is 18.0. The van der Waals surface area contributed by atoms with Crippen molar-refractivity contribution < 1.29 is 35.8 Å². The van der Waals surface area contributed by atoms with E-state index < -0.39 is 31.7 Å². The Morgan fingerprint density at radius 2 is 1.57 bits per heavy atom. The number of hydrogen-bond acceptors (Lipinski definition) is 8. The smallest absolute Gasteiger partial charge is 0.303 e. The second kappa shape index (κ2) is 13.0. The molecule has 2 aromatic rings. The fourth-order valence-corrected chi connectivity index (χ4v) is 5.96. The van der Waals surface area contributed by atoms with Crippen LogP contribution in [0, 0.1) is 0 Å². The van der Waals surface area contributed by atoms with E-state index in [9.17, 15) is 21.6 Å². The Hall–Kier alpha value is -1.72. The normalized spacial score (nSPS) is 12.7. The lowest BCUT2D eigenvalue weighted by molar-refractivity contribution is -0.146. The Labute approximate surface area is 220 Å². The van der Waals surface area contributed by atoms with Gasteiger partial charge in [-0.05, 0) is 42.8 Å². The van der Waals surface area contributed by atoms with Crippen molar-refractivity contribution in [3.05, 3.63) is 46.4 Å². The van der Waals surface area contributed by atoms with Gasteiger partial charge in [0.15, 0.2) is 15.6 Å². The van der Waals surface area contributed by atoms with E-state index in [1.165, 1.54) is 50.2 Å². The highest BCUT2D eigenvalue weighted by Crippen LogP contribution is 2.37. The third kappa shape index (κ3) is 8.71. The number of sulfone groups is 2. The molecule has 2 aromatic carbocycles. The lowest BCUT2D eigenvalue weighted by Gasteiger charge is -2.17. The van der Waals surface area contributed by atoms with E-state index in [4.69, 9.17) is 49.0 Å². The molecule has 0 fully saturated rings. The Morgan fingerprint density at radius 1 is 0.971 bits per heavy atom. The van der Waals surface area contributed by atoms with Crippen LogP contribution in [0.5, 0.6) is 11.5 Å². The molecule has 0 aliphatic carbocycles. The number of hydrogen-bond donors (Lipinski definition) is 0. The topological polar surface area (TPSA) is 113 Å². The lowest BCUT2D eigenvalue weighted by Crippen LogP contribution is -2.32. The van der Waals surface area contributed by atoms with E-state index in [0.29, 0.717) is 12.3 Å². The van der Waals surface area contributed by atoms with Crippen LogP contribution in [0.3, 0.4) is 0 Å². The van der Waals surface area contributed by atoms with Crippen LogP contribution < -0.4 is 9.47 Å². The lowest BCUT2D eigenvalue weighted by atomic mass is 10.3. The van der Waals surface area contributed by atoms with Crippen molar-refractivity contribution in [2.45, 2.75) is 36.2 Å². The maximum Gasteiger partial charge on any atom is 0.303 e. The summed E-state index contributed by atoms with van der Waals surface area (Å²) in [6.07, 6.45) is -0.436. The molecule has 0 aliphatic heterocycles. The molecular weight excluding hydrogens is 563 g/mol. The van der Waals surface area contributed by atoms with E-state index in [0.717, 1.165) is 0 Å². The number of ether oxygens (including phenoxy) is 3. The molecule has 0 bridgehead atoms. The Bertz CT molecular complexity index is 1210. The number of benzene rings is 2. The van der Waals surface area contributed by atoms with Gasteiger partial charge in [-0.1, -0.05) is 30.1 Å². The second-order valence-electron chi connectivity index (χ2n) is 7.32. The van der Waals surface area contributed by atoms with Crippen LogP contribution in [0.15, 0.2) is 46.2 Å². The molecule has 0 N–H and O–H groups in total. The van der Waals surface area contributed by atoms with E-state index in [-0.39, 0.29) is 56.1 Å². The number of alkyl halides is 1. The van der Waals surface area contributed by atoms with Crippen molar-refractivity contribution in [3.63, 3.8) is 0 Å². The second-order valence-corrected chi connectivity index (χ2v) is 12.9. The summed E-state index contributed by atoms with van der Waals surface area (Å²) < 4.78 is 65.9. The molecule has 0 saturated heterocycles. The first-order valence-electron chi connectivity index (χ1n) is 10.4. The Morgan fingerprint density at radius 3 is 2.09 bits per heavy atom. The Kier molecular flexibility index (Phi) is 11.0. The zero-order chi connectivity index (χ0) is 26.2. The molecular formula is C22H25Cl3O8S2. The average Bonchev–Trinajstić information content (AvgIpc) is 2.79. The minimum atomic E-state index is -3.97. The maximum absolute atomic E-state index is 13.1. The summed E-state index contributed by atoms with van der Waals surface area (Å²) in [5.41, 5.74) is 0. The molecule has 194 valence electrons. The molecule has 0 radical (unpaired) electrons. The van der Waals surface area contributed by atoms with E-state index in [1.54, 1.807) is 0 Å². The monoisotopic (exact) mass is 586 g/mol. The predicted octanol–water partition coefficient (Wildman–Crippen LogP) is 4.58. The van der Waals surface area contributed by atoms with Crippen LogP contribution in [0.25, 0.3) is 0 Å². The molecule has 0 unspecified atom stereocenters. The van der Waals surface area contributed by atoms with Gasteiger partial charge in [-0.3, -0.25) is 4.79 Å². The minimum Gasteiger partial charge on any atom is -0.490 e. The fourth-order valence-electron chi connectivity index (χ4n) is 2.85. The molecule has 0 aromatic heterocycles. The third-order valence-electron chi connectivity index (χ3n) is 4.59. The highest BCUT2D eigenvalue weighted by molar-refractivity contribution is 7.91. The highest BCUT2D eigenvalue weighted by Gasteiger charge is 2.23. The van der Waals surface area contributed by atoms with Crippen molar-refractivity contribution in [3.8, 4) is 11.5 Å². The minimum absolute atomic E-state index is 0.0436. The van der Waals surface area contributed by atoms with E-state index >= 15 is 0 Å². The number of esters is 1. The van der Waals surface area contributed by atoms with Gasteiger partial charge in [-0.15, -0.1) is 11.6 Å². The SMILES string of the molecule is CCS(=O)(=O)C[C@@H](COc1ccc(S(=O)(=O)c2cc(Cl)c(OCCCCl)c(Cl)c2)cc1)OC(C)=O. The molecule has 0 heterocycles. The summed E-state index contributed by atoms with van der Waals surface area (Å²) in [6.45, 7) is 2.71. The maximum atomic E-state index is 13.1. The number of halogens is 3. The van der Waals surface area contributed by atoms with Crippen LogP contribution in [0.1, 0.15) is 20.3 Å². The van der Waals surface area contributed by atoms with Crippen LogP contribution in [-0.2, 0) is 29.2 Å². The molecule has 0 aliphatic rings. The van der Waals surface area contributed by atoms with Gasteiger partial charge in [-0.25, -0.2) is 16.8 Å². The van der Waals surface area contributed by atoms with Crippen molar-refractivity contribution in [1.29, 1.82) is 0 Å². The molecule has 35 heavy (non-hydrogen) atoms. The molecule has 1 atom stereocenters. The average molecular weight is 588 g/mol. The zero-order valence-corrected chi connectivity index (χ0v) is 22.9. The highest BCUT2D eigenvalue weighted by atomic mass is 35.5. The van der Waals surface area contributed by atoms with Gasteiger partial charge in [0, 0.05) is 18.6 Å². The summed E-state index contributed by atoms with van der Waals surface area (Å²) in [6, 6.07) is 7.95. The summed E-state index contributed by atoms with van der Waals surface area (Å²) in [7, 11) is -7.38. The Balaban J connectivity index is 2.17. The first kappa shape index (κ1) is 29.5. The van der Waals surface area contributed by atoms with E-state index in [2.05, 4.69) is 0 Å². The van der Waals surface area contributed by atoms with Crippen molar-refractivity contribution in [2.24, 2.45) is 0 Å². The summed E-state index contributed by atoms with van der Waals surface area (Å²) in [5.74, 6) is -0.306. The van der Waals surface area contributed by atoms with Crippen molar-refractivity contribution in [1.82, 2.24) is 0 Å². The van der Waals surface area contributed by atoms with Gasteiger partial charge in [0.25, 0.3) is 0 Å². The molecule has 8 nitrogen and oxygen atoms in total. The zero-order valence-electron chi connectivity index (χ0n) is 19.0. The summed E-state index contributed by atoms with van der Waals surface area (Å²) in [5, 5.41) is 0.0910. The molecule has 0 amide bonds. The van der Waals surface area contributed by atoms with Gasteiger partial charge >= 0.3 is 5.97 Å². The van der Waals surface area contributed by atoms with Crippen LogP contribution >= 0.6 is 34.8 Å². The van der Waals surface area contributed by atoms with Gasteiger partial charge in [0.1, 0.15) is 18.5 Å².